The minimum absolute atomic E-state index is 0.0177. The second-order valence-electron chi connectivity index (χ2n) is 13.1. The number of aliphatic hydroxyl groups is 1. The van der Waals surface area contributed by atoms with Crippen LogP contribution in [0.1, 0.15) is 69.0 Å². The van der Waals surface area contributed by atoms with Gasteiger partial charge in [-0.2, -0.15) is 0 Å². The molecule has 3 heterocycles. The maximum absolute atomic E-state index is 14.4. The summed E-state index contributed by atoms with van der Waals surface area (Å²) in [5, 5.41) is 16.5. The normalized spacial score (nSPS) is 17.3. The zero-order valence-corrected chi connectivity index (χ0v) is 29.3. The quantitative estimate of drug-likeness (QED) is 0.230. The Labute approximate surface area is 279 Å². The van der Waals surface area contributed by atoms with Crippen molar-refractivity contribution in [1.82, 2.24) is 15.2 Å². The molecular formula is C38H50N4O3S. The van der Waals surface area contributed by atoms with Gasteiger partial charge in [-0.15, -0.1) is 11.3 Å². The molecule has 0 saturated carbocycles. The van der Waals surface area contributed by atoms with Crippen LogP contribution in [0, 0.1) is 18.8 Å². The third kappa shape index (κ3) is 7.24. The van der Waals surface area contributed by atoms with E-state index >= 15 is 0 Å². The molecular weight excluding hydrogens is 593 g/mol. The number of aryl methyl sites for hydroxylation is 3. The van der Waals surface area contributed by atoms with Crippen LogP contribution in [0.5, 0.6) is 5.75 Å². The number of aliphatic hydroxyl groups excluding tert-OH is 1. The zero-order valence-electron chi connectivity index (χ0n) is 28.5. The summed E-state index contributed by atoms with van der Waals surface area (Å²) in [4.78, 5) is 24.6. The van der Waals surface area contributed by atoms with Crippen molar-refractivity contribution >= 4 is 28.5 Å². The van der Waals surface area contributed by atoms with E-state index in [4.69, 9.17) is 9.72 Å². The van der Waals surface area contributed by atoms with Crippen LogP contribution in [-0.4, -0.2) is 59.9 Å². The van der Waals surface area contributed by atoms with Crippen molar-refractivity contribution in [3.8, 4) is 17.0 Å². The monoisotopic (exact) mass is 642 g/mol. The Balaban J connectivity index is 1.65. The number of allylic oxidation sites excluding steroid dienone is 1. The first-order chi connectivity index (χ1) is 22.1. The van der Waals surface area contributed by atoms with E-state index in [0.29, 0.717) is 43.2 Å². The molecule has 1 aromatic heterocycles. The lowest BCUT2D eigenvalue weighted by Gasteiger charge is -2.41. The first-order valence-corrected chi connectivity index (χ1v) is 17.7. The molecule has 1 saturated heterocycles. The summed E-state index contributed by atoms with van der Waals surface area (Å²) in [6.45, 7) is 18.5. The molecule has 246 valence electrons. The number of nitrogens with zero attached hydrogens (tertiary/aromatic N) is 3. The molecule has 2 N–H and O–H groups in total. The number of hydrogen-bond donors (Lipinski definition) is 2. The van der Waals surface area contributed by atoms with Crippen LogP contribution in [0.2, 0.25) is 0 Å². The van der Waals surface area contributed by atoms with Crippen molar-refractivity contribution in [2.45, 2.75) is 74.0 Å². The van der Waals surface area contributed by atoms with Gasteiger partial charge in [-0.05, 0) is 79.5 Å². The second kappa shape index (κ2) is 15.0. The van der Waals surface area contributed by atoms with Gasteiger partial charge in [0.25, 0.3) is 5.91 Å². The number of piperazine rings is 1. The standard InChI is InChI=1S/C38H50N4O3S/c1-8-27-11-10-12-28(9-2)35(27)42-33(21-24(3)4)31(37(43)41-19-17-39-18-20-41)22-32(38(42)44)36-40-34(26(7)46-36)29-13-15-30(16-14-29)45-23-25(5)6/h10-16,22,24-25,38-39,44H,8-9,17-21,23H2,1-7H3. The summed E-state index contributed by atoms with van der Waals surface area (Å²) in [6.07, 6.45) is 3.26. The molecule has 1 unspecified atom stereocenters. The fourth-order valence-corrected chi connectivity index (χ4v) is 7.23. The number of carbonyl (C=O) groups excluding carboxylic acids is 1. The largest absolute Gasteiger partial charge is 0.493 e. The van der Waals surface area contributed by atoms with Crippen molar-refractivity contribution in [2.24, 2.45) is 11.8 Å². The van der Waals surface area contributed by atoms with Gasteiger partial charge in [0.1, 0.15) is 10.8 Å². The predicted octanol–water partition coefficient (Wildman–Crippen LogP) is 7.23. The van der Waals surface area contributed by atoms with Crippen LogP contribution in [0.3, 0.4) is 0 Å². The van der Waals surface area contributed by atoms with Gasteiger partial charge in [0.2, 0.25) is 0 Å². The Morgan fingerprint density at radius 2 is 1.67 bits per heavy atom. The molecule has 7 nitrogen and oxygen atoms in total. The highest BCUT2D eigenvalue weighted by molar-refractivity contribution is 7.13. The highest BCUT2D eigenvalue weighted by Crippen LogP contribution is 2.43. The molecule has 0 spiro atoms. The highest BCUT2D eigenvalue weighted by atomic mass is 32.1. The van der Waals surface area contributed by atoms with E-state index in [1.807, 2.05) is 35.2 Å². The summed E-state index contributed by atoms with van der Waals surface area (Å²) >= 11 is 1.56. The van der Waals surface area contributed by atoms with Gasteiger partial charge < -0.3 is 25.0 Å². The van der Waals surface area contributed by atoms with E-state index in [9.17, 15) is 9.90 Å². The van der Waals surface area contributed by atoms with Crippen LogP contribution in [0.4, 0.5) is 5.69 Å². The molecule has 5 rings (SSSR count). The molecule has 0 bridgehead atoms. The number of hydrogen-bond acceptors (Lipinski definition) is 7. The van der Waals surface area contributed by atoms with Crippen LogP contribution in [-0.2, 0) is 17.6 Å². The van der Waals surface area contributed by atoms with Gasteiger partial charge in [0.15, 0.2) is 6.23 Å². The van der Waals surface area contributed by atoms with E-state index in [1.165, 1.54) is 0 Å². The lowest BCUT2D eigenvalue weighted by Crippen LogP contribution is -2.48. The number of ether oxygens (including phenoxy) is 1. The lowest BCUT2D eigenvalue weighted by atomic mass is 9.91. The SMILES string of the molecule is CCc1cccc(CC)c1N1C(CC(C)C)=C(C(=O)N2CCNCC2)C=C(c2nc(-c3ccc(OCC(C)C)cc3)c(C)s2)C1O. The lowest BCUT2D eigenvalue weighted by molar-refractivity contribution is -0.127. The minimum atomic E-state index is -0.989. The second-order valence-corrected chi connectivity index (χ2v) is 14.3. The van der Waals surface area contributed by atoms with Crippen molar-refractivity contribution in [3.05, 3.63) is 80.8 Å². The first-order valence-electron chi connectivity index (χ1n) is 16.9. The van der Waals surface area contributed by atoms with Gasteiger partial charge in [-0.25, -0.2) is 4.98 Å². The number of benzene rings is 2. The van der Waals surface area contributed by atoms with Crippen LogP contribution >= 0.6 is 11.3 Å². The Morgan fingerprint density at radius 3 is 2.26 bits per heavy atom. The molecule has 3 aromatic rings. The number of anilines is 1. The number of thiazole rings is 1. The number of para-hydroxylation sites is 1. The molecule has 2 aliphatic rings. The van der Waals surface area contributed by atoms with Crippen molar-refractivity contribution < 1.29 is 14.6 Å². The van der Waals surface area contributed by atoms with E-state index in [0.717, 1.165) is 75.3 Å². The number of amides is 1. The van der Waals surface area contributed by atoms with E-state index in [-0.39, 0.29) is 11.8 Å². The molecule has 46 heavy (non-hydrogen) atoms. The third-order valence-electron chi connectivity index (χ3n) is 8.62. The molecule has 1 atom stereocenters. The fraction of sp³-hybridized carbons (Fsp3) is 0.474. The summed E-state index contributed by atoms with van der Waals surface area (Å²) in [7, 11) is 0. The minimum Gasteiger partial charge on any atom is -0.493 e. The van der Waals surface area contributed by atoms with E-state index in [1.54, 1.807) is 11.3 Å². The average molecular weight is 643 g/mol. The molecule has 2 aliphatic heterocycles. The van der Waals surface area contributed by atoms with E-state index in [2.05, 4.69) is 76.9 Å². The van der Waals surface area contributed by atoms with Crippen molar-refractivity contribution in [2.75, 3.05) is 37.7 Å². The molecule has 0 aliphatic carbocycles. The Kier molecular flexibility index (Phi) is 11.0. The number of nitrogens with one attached hydrogen (secondary N) is 1. The predicted molar refractivity (Wildman–Crippen MR) is 190 cm³/mol. The average Bonchev–Trinajstić information content (AvgIpc) is 3.44. The number of carbonyl (C=O) groups is 1. The van der Waals surface area contributed by atoms with Crippen LogP contribution in [0.25, 0.3) is 16.8 Å². The van der Waals surface area contributed by atoms with Crippen molar-refractivity contribution in [3.63, 3.8) is 0 Å². The van der Waals surface area contributed by atoms with Gasteiger partial charge in [-0.1, -0.05) is 59.7 Å². The Morgan fingerprint density at radius 1 is 1.02 bits per heavy atom. The number of aromatic nitrogens is 1. The van der Waals surface area contributed by atoms with Crippen molar-refractivity contribution in [1.29, 1.82) is 0 Å². The van der Waals surface area contributed by atoms with Gasteiger partial charge >= 0.3 is 0 Å². The summed E-state index contributed by atoms with van der Waals surface area (Å²) in [5.74, 6) is 1.59. The Hall–Kier alpha value is -3.46. The maximum Gasteiger partial charge on any atom is 0.255 e. The van der Waals surface area contributed by atoms with E-state index < -0.39 is 6.23 Å². The zero-order chi connectivity index (χ0) is 33.0. The molecule has 1 fully saturated rings. The Bertz CT molecular complexity index is 1560. The molecule has 2 aromatic carbocycles. The van der Waals surface area contributed by atoms with Gasteiger partial charge in [0, 0.05) is 53.6 Å². The smallest absolute Gasteiger partial charge is 0.255 e. The summed E-state index contributed by atoms with van der Waals surface area (Å²) < 4.78 is 5.91. The topological polar surface area (TPSA) is 77.9 Å². The first kappa shape index (κ1) is 33.9. The third-order valence-corrected chi connectivity index (χ3v) is 9.64. The number of rotatable bonds is 11. The van der Waals surface area contributed by atoms with Crippen LogP contribution in [0.15, 0.2) is 59.8 Å². The fourth-order valence-electron chi connectivity index (χ4n) is 6.26. The van der Waals surface area contributed by atoms with Gasteiger partial charge in [-0.3, -0.25) is 4.79 Å². The molecule has 1 amide bonds. The van der Waals surface area contributed by atoms with Gasteiger partial charge in [0.05, 0.1) is 17.9 Å². The highest BCUT2D eigenvalue weighted by Gasteiger charge is 2.37. The maximum atomic E-state index is 14.4. The summed E-state index contributed by atoms with van der Waals surface area (Å²) in [6, 6.07) is 14.5. The van der Waals surface area contributed by atoms with Crippen LogP contribution < -0.4 is 15.0 Å². The molecule has 8 heteroatoms. The summed E-state index contributed by atoms with van der Waals surface area (Å²) in [5.41, 5.74) is 7.41. The molecule has 0 radical (unpaired) electrons.